The molecule has 130 valence electrons. The summed E-state index contributed by atoms with van der Waals surface area (Å²) in [4.78, 5) is 4.51. The van der Waals surface area contributed by atoms with Crippen LogP contribution in [0.4, 0.5) is 0 Å². The fraction of sp³-hybridized carbons (Fsp3) is 0.800. The number of nitrogens with zero attached hydrogens (tertiary/aromatic N) is 4. The molecule has 1 saturated heterocycles. The van der Waals surface area contributed by atoms with Crippen LogP contribution in [-0.4, -0.2) is 59.7 Å². The van der Waals surface area contributed by atoms with Crippen LogP contribution in [0, 0.1) is 0 Å². The number of rotatable bonds is 9. The average molecular weight is 324 g/mol. The highest BCUT2D eigenvalue weighted by Gasteiger charge is 2.14. The molecule has 8 nitrogen and oxygen atoms in total. The van der Waals surface area contributed by atoms with Crippen molar-refractivity contribution in [1.82, 2.24) is 25.4 Å². The van der Waals surface area contributed by atoms with Crippen LogP contribution in [-0.2, 0) is 23.1 Å². The zero-order valence-electron chi connectivity index (χ0n) is 14.1. The second-order valence-corrected chi connectivity index (χ2v) is 5.54. The van der Waals surface area contributed by atoms with Crippen molar-refractivity contribution in [1.29, 1.82) is 0 Å². The average Bonchev–Trinajstić information content (AvgIpc) is 3.20. The second kappa shape index (κ2) is 10.2. The summed E-state index contributed by atoms with van der Waals surface area (Å²) in [5.74, 6) is 1.62. The van der Waals surface area contributed by atoms with Crippen LogP contribution in [0.1, 0.15) is 32.0 Å². The molecule has 1 atom stereocenters. The summed E-state index contributed by atoms with van der Waals surface area (Å²) >= 11 is 0. The van der Waals surface area contributed by atoms with Crippen molar-refractivity contribution in [2.45, 2.75) is 38.8 Å². The van der Waals surface area contributed by atoms with E-state index >= 15 is 0 Å². The van der Waals surface area contributed by atoms with Gasteiger partial charge in [0.25, 0.3) is 0 Å². The topological polar surface area (TPSA) is 85.6 Å². The number of hydrogen-bond acceptors (Lipinski definition) is 5. The predicted molar refractivity (Wildman–Crippen MR) is 88.2 cm³/mol. The molecule has 0 radical (unpaired) electrons. The summed E-state index contributed by atoms with van der Waals surface area (Å²) in [7, 11) is 1.91. The molecule has 8 heteroatoms. The Balaban J connectivity index is 1.60. The van der Waals surface area contributed by atoms with Crippen molar-refractivity contribution < 1.29 is 9.47 Å². The Morgan fingerprint density at radius 3 is 3.13 bits per heavy atom. The van der Waals surface area contributed by atoms with Crippen molar-refractivity contribution >= 4 is 5.96 Å². The molecule has 0 aliphatic carbocycles. The van der Waals surface area contributed by atoms with Crippen LogP contribution in [0.3, 0.4) is 0 Å². The van der Waals surface area contributed by atoms with Gasteiger partial charge in [-0.25, -0.2) is 4.99 Å². The highest BCUT2D eigenvalue weighted by atomic mass is 16.5. The Hall–Kier alpha value is -1.67. The molecule has 0 bridgehead atoms. The van der Waals surface area contributed by atoms with Crippen molar-refractivity contribution in [3.8, 4) is 0 Å². The molecule has 1 aromatic heterocycles. The molecular weight excluding hydrogens is 296 g/mol. The minimum atomic E-state index is 0.299. The lowest BCUT2D eigenvalue weighted by Gasteiger charge is -2.12. The normalized spacial score (nSPS) is 18.3. The van der Waals surface area contributed by atoms with Crippen LogP contribution in [0.2, 0.25) is 0 Å². The van der Waals surface area contributed by atoms with E-state index in [0.29, 0.717) is 19.3 Å². The third-order valence-corrected chi connectivity index (χ3v) is 3.61. The number of aryl methyl sites for hydroxylation is 1. The highest BCUT2D eigenvalue weighted by Crippen LogP contribution is 2.11. The van der Waals surface area contributed by atoms with Gasteiger partial charge >= 0.3 is 0 Å². The molecule has 1 fully saturated rings. The molecule has 1 aromatic rings. The Bertz CT molecular complexity index is 470. The van der Waals surface area contributed by atoms with Gasteiger partial charge in [0, 0.05) is 33.4 Å². The molecule has 1 unspecified atom stereocenters. The van der Waals surface area contributed by atoms with Crippen LogP contribution < -0.4 is 10.6 Å². The maximum absolute atomic E-state index is 5.65. The van der Waals surface area contributed by atoms with E-state index in [9.17, 15) is 0 Å². The maximum atomic E-state index is 5.65. The molecule has 1 aliphatic rings. The molecule has 2 heterocycles. The quantitative estimate of drug-likeness (QED) is 0.390. The Morgan fingerprint density at radius 1 is 1.52 bits per heavy atom. The number of hydrogen-bond donors (Lipinski definition) is 2. The zero-order chi connectivity index (χ0) is 16.3. The summed E-state index contributed by atoms with van der Waals surface area (Å²) in [6, 6.07) is 0. The van der Waals surface area contributed by atoms with Gasteiger partial charge in [0.2, 0.25) is 0 Å². The van der Waals surface area contributed by atoms with Crippen LogP contribution >= 0.6 is 0 Å². The molecule has 2 N–H and O–H groups in total. The summed E-state index contributed by atoms with van der Waals surface area (Å²) < 4.78 is 13.0. The van der Waals surface area contributed by atoms with Gasteiger partial charge in [-0.2, -0.15) is 0 Å². The van der Waals surface area contributed by atoms with Crippen LogP contribution in [0.25, 0.3) is 0 Å². The monoisotopic (exact) mass is 324 g/mol. The molecular formula is C15H28N6O2. The first-order valence-corrected chi connectivity index (χ1v) is 8.34. The summed E-state index contributed by atoms with van der Waals surface area (Å²) in [6.45, 7) is 6.50. The van der Waals surface area contributed by atoms with Crippen molar-refractivity contribution in [2.24, 2.45) is 12.0 Å². The van der Waals surface area contributed by atoms with Gasteiger partial charge in [-0.05, 0) is 26.2 Å². The number of nitrogens with one attached hydrogen (secondary N) is 2. The fourth-order valence-corrected chi connectivity index (χ4v) is 2.31. The highest BCUT2D eigenvalue weighted by molar-refractivity contribution is 5.79. The van der Waals surface area contributed by atoms with E-state index in [1.54, 1.807) is 6.33 Å². The summed E-state index contributed by atoms with van der Waals surface area (Å²) in [5, 5.41) is 14.4. The predicted octanol–water partition coefficient (Wildman–Crippen LogP) is 0.456. The number of guanidine groups is 1. The van der Waals surface area contributed by atoms with Gasteiger partial charge in [0.15, 0.2) is 11.8 Å². The number of aliphatic imine (C=N–C) groups is 1. The molecule has 1 aliphatic heterocycles. The Kier molecular flexibility index (Phi) is 7.82. The largest absolute Gasteiger partial charge is 0.379 e. The first-order chi connectivity index (χ1) is 11.3. The standard InChI is InChI=1S/C15H28N6O2/c1-3-16-15(18-10-14-20-19-12-21(14)2)17-7-5-8-22-11-13-6-4-9-23-13/h12-13H,3-11H2,1-2H3,(H2,16,17,18). The van der Waals surface area contributed by atoms with Crippen molar-refractivity contribution in [2.75, 3.05) is 32.9 Å². The molecule has 0 spiro atoms. The first kappa shape index (κ1) is 17.7. The van der Waals surface area contributed by atoms with E-state index < -0.39 is 0 Å². The van der Waals surface area contributed by atoms with Gasteiger partial charge in [-0.3, -0.25) is 0 Å². The maximum Gasteiger partial charge on any atom is 0.191 e. The van der Waals surface area contributed by atoms with Crippen LogP contribution in [0.5, 0.6) is 0 Å². The lowest BCUT2D eigenvalue weighted by atomic mass is 10.2. The zero-order valence-corrected chi connectivity index (χ0v) is 14.1. The third kappa shape index (κ3) is 6.54. The molecule has 0 aromatic carbocycles. The summed E-state index contributed by atoms with van der Waals surface area (Å²) in [5.41, 5.74) is 0. The van der Waals surface area contributed by atoms with Crippen LogP contribution in [0.15, 0.2) is 11.3 Å². The van der Waals surface area contributed by atoms with E-state index in [4.69, 9.17) is 9.47 Å². The Labute approximate surface area is 137 Å². The summed E-state index contributed by atoms with van der Waals surface area (Å²) in [6.07, 6.45) is 5.19. The van der Waals surface area contributed by atoms with Gasteiger partial charge in [0.1, 0.15) is 12.9 Å². The molecule has 23 heavy (non-hydrogen) atoms. The molecule has 2 rings (SSSR count). The van der Waals surface area contributed by atoms with E-state index in [2.05, 4.69) is 25.8 Å². The SMILES string of the molecule is CCNC(=NCc1nncn1C)NCCCOCC1CCCO1. The van der Waals surface area contributed by atoms with E-state index in [0.717, 1.165) is 57.3 Å². The smallest absolute Gasteiger partial charge is 0.191 e. The van der Waals surface area contributed by atoms with Gasteiger partial charge in [-0.1, -0.05) is 0 Å². The molecule has 0 saturated carbocycles. The van der Waals surface area contributed by atoms with E-state index in [1.807, 2.05) is 18.5 Å². The second-order valence-electron chi connectivity index (χ2n) is 5.54. The third-order valence-electron chi connectivity index (χ3n) is 3.61. The van der Waals surface area contributed by atoms with Gasteiger partial charge in [0.05, 0.1) is 12.7 Å². The lowest BCUT2D eigenvalue weighted by Crippen LogP contribution is -2.38. The van der Waals surface area contributed by atoms with E-state index in [1.165, 1.54) is 0 Å². The fourth-order valence-electron chi connectivity index (χ4n) is 2.31. The minimum absolute atomic E-state index is 0.299. The first-order valence-electron chi connectivity index (χ1n) is 8.34. The Morgan fingerprint density at radius 2 is 2.43 bits per heavy atom. The van der Waals surface area contributed by atoms with Gasteiger partial charge in [-0.15, -0.1) is 10.2 Å². The molecule has 0 amide bonds. The number of aromatic nitrogens is 3. The van der Waals surface area contributed by atoms with E-state index in [-0.39, 0.29) is 0 Å². The van der Waals surface area contributed by atoms with Crippen molar-refractivity contribution in [3.63, 3.8) is 0 Å². The van der Waals surface area contributed by atoms with Crippen molar-refractivity contribution in [3.05, 3.63) is 12.2 Å². The number of ether oxygens (including phenoxy) is 2. The lowest BCUT2D eigenvalue weighted by molar-refractivity contribution is 0.0168. The minimum Gasteiger partial charge on any atom is -0.379 e. The van der Waals surface area contributed by atoms with Gasteiger partial charge < -0.3 is 24.7 Å².